The Hall–Kier alpha value is -2.30. The largest absolute Gasteiger partial charge is 0.457 e. The third kappa shape index (κ3) is 3.13. The average molecular weight is 265 g/mol. The van der Waals surface area contributed by atoms with Crippen LogP contribution in [0.3, 0.4) is 0 Å². The predicted molar refractivity (Wildman–Crippen MR) is 62.8 cm³/mol. The maximum atomic E-state index is 12.7. The molecule has 0 atom stereocenters. The van der Waals surface area contributed by atoms with E-state index in [-0.39, 0.29) is 11.5 Å². The fourth-order valence-electron chi connectivity index (χ4n) is 1.51. The van der Waals surface area contributed by atoms with Gasteiger partial charge in [-0.2, -0.15) is 13.2 Å². The van der Waals surface area contributed by atoms with Crippen molar-refractivity contribution in [1.82, 2.24) is 0 Å². The lowest BCUT2D eigenvalue weighted by atomic mass is 10.2. The normalized spacial score (nSPS) is 11.1. The van der Waals surface area contributed by atoms with Crippen molar-refractivity contribution in [3.63, 3.8) is 0 Å². The van der Waals surface area contributed by atoms with Crippen molar-refractivity contribution >= 4 is 6.29 Å². The Kier molecular flexibility index (Phi) is 3.55. The first kappa shape index (κ1) is 13.1. The fraction of sp³-hybridized carbons (Fsp3) is 0.0714. The summed E-state index contributed by atoms with van der Waals surface area (Å²) in [6.45, 7) is 0. The van der Waals surface area contributed by atoms with E-state index < -0.39 is 11.7 Å². The SMILES string of the molecule is O=[C]c1ccc(Oc2ccccc2C(F)(F)F)cc1. The molecule has 0 N–H and O–H groups in total. The Morgan fingerprint density at radius 2 is 1.58 bits per heavy atom. The lowest BCUT2D eigenvalue weighted by Crippen LogP contribution is -2.06. The highest BCUT2D eigenvalue weighted by molar-refractivity contribution is 5.75. The van der Waals surface area contributed by atoms with Gasteiger partial charge in [-0.1, -0.05) is 12.1 Å². The molecule has 0 saturated carbocycles. The van der Waals surface area contributed by atoms with E-state index in [4.69, 9.17) is 4.74 Å². The first-order valence-electron chi connectivity index (χ1n) is 5.33. The number of halogens is 3. The molecular weight excluding hydrogens is 257 g/mol. The molecule has 2 rings (SSSR count). The highest BCUT2D eigenvalue weighted by atomic mass is 19.4. The highest BCUT2D eigenvalue weighted by Crippen LogP contribution is 2.37. The van der Waals surface area contributed by atoms with Gasteiger partial charge >= 0.3 is 6.18 Å². The molecule has 0 amide bonds. The van der Waals surface area contributed by atoms with E-state index in [0.717, 1.165) is 6.07 Å². The Balaban J connectivity index is 2.30. The van der Waals surface area contributed by atoms with E-state index in [9.17, 15) is 18.0 Å². The molecule has 0 aliphatic carbocycles. The van der Waals surface area contributed by atoms with Crippen LogP contribution in [-0.4, -0.2) is 6.29 Å². The predicted octanol–water partition coefficient (Wildman–Crippen LogP) is 3.96. The summed E-state index contributed by atoms with van der Waals surface area (Å²) >= 11 is 0. The van der Waals surface area contributed by atoms with Crippen LogP contribution in [0.25, 0.3) is 0 Å². The number of hydrogen-bond acceptors (Lipinski definition) is 2. The number of hydrogen-bond donors (Lipinski definition) is 0. The standard InChI is InChI=1S/C14H8F3O2/c15-14(16,17)12-3-1-2-4-13(12)19-11-7-5-10(9-18)6-8-11/h1-8H. The lowest BCUT2D eigenvalue weighted by Gasteiger charge is -2.13. The van der Waals surface area contributed by atoms with Gasteiger partial charge in [0.2, 0.25) is 6.29 Å². The molecule has 0 fully saturated rings. The summed E-state index contributed by atoms with van der Waals surface area (Å²) in [5.41, 5.74) is -0.544. The topological polar surface area (TPSA) is 26.3 Å². The quantitative estimate of drug-likeness (QED) is 0.839. The molecule has 5 heteroatoms. The molecule has 2 nitrogen and oxygen atoms in total. The molecule has 0 spiro atoms. The molecule has 19 heavy (non-hydrogen) atoms. The second-order valence-corrected chi connectivity index (χ2v) is 3.72. The van der Waals surface area contributed by atoms with Crippen molar-refractivity contribution < 1.29 is 22.7 Å². The fourth-order valence-corrected chi connectivity index (χ4v) is 1.51. The minimum atomic E-state index is -4.48. The Morgan fingerprint density at radius 1 is 0.947 bits per heavy atom. The zero-order valence-corrected chi connectivity index (χ0v) is 9.57. The van der Waals surface area contributed by atoms with Gasteiger partial charge in [0.15, 0.2) is 0 Å². The third-order valence-corrected chi connectivity index (χ3v) is 2.39. The van der Waals surface area contributed by atoms with Gasteiger partial charge in [-0.25, -0.2) is 0 Å². The summed E-state index contributed by atoms with van der Waals surface area (Å²) in [7, 11) is 0. The molecule has 1 radical (unpaired) electrons. The van der Waals surface area contributed by atoms with Crippen LogP contribution in [0.4, 0.5) is 13.2 Å². The van der Waals surface area contributed by atoms with Crippen molar-refractivity contribution in [2.75, 3.05) is 0 Å². The van der Waals surface area contributed by atoms with E-state index in [1.807, 2.05) is 0 Å². The Morgan fingerprint density at radius 3 is 2.16 bits per heavy atom. The van der Waals surface area contributed by atoms with Gasteiger partial charge in [0.05, 0.1) is 5.56 Å². The number of ether oxygens (including phenoxy) is 1. The number of alkyl halides is 3. The van der Waals surface area contributed by atoms with E-state index >= 15 is 0 Å². The summed E-state index contributed by atoms with van der Waals surface area (Å²) in [5, 5.41) is 0. The van der Waals surface area contributed by atoms with Crippen LogP contribution in [0.1, 0.15) is 11.1 Å². The van der Waals surface area contributed by atoms with Gasteiger partial charge < -0.3 is 4.74 Å². The number of benzene rings is 2. The highest BCUT2D eigenvalue weighted by Gasteiger charge is 2.34. The van der Waals surface area contributed by atoms with E-state index in [1.165, 1.54) is 42.5 Å². The molecule has 0 saturated heterocycles. The van der Waals surface area contributed by atoms with Crippen LogP contribution in [-0.2, 0) is 11.0 Å². The zero-order chi connectivity index (χ0) is 13.9. The van der Waals surface area contributed by atoms with Crippen LogP contribution >= 0.6 is 0 Å². The first-order chi connectivity index (χ1) is 9.00. The molecule has 0 aliphatic heterocycles. The van der Waals surface area contributed by atoms with Gasteiger partial charge in [0.1, 0.15) is 11.5 Å². The maximum absolute atomic E-state index is 12.7. The molecule has 2 aromatic rings. The van der Waals surface area contributed by atoms with E-state index in [0.29, 0.717) is 5.56 Å². The monoisotopic (exact) mass is 265 g/mol. The van der Waals surface area contributed by atoms with Crippen LogP contribution in [0.5, 0.6) is 11.5 Å². The summed E-state index contributed by atoms with van der Waals surface area (Å²) in [5.74, 6) is -0.0615. The first-order valence-corrected chi connectivity index (χ1v) is 5.33. The van der Waals surface area contributed by atoms with Crippen LogP contribution in [0.15, 0.2) is 48.5 Å². The van der Waals surface area contributed by atoms with Crippen molar-refractivity contribution in [2.45, 2.75) is 6.18 Å². The van der Waals surface area contributed by atoms with Gasteiger partial charge in [-0.15, -0.1) is 0 Å². The van der Waals surface area contributed by atoms with Gasteiger partial charge in [0.25, 0.3) is 0 Å². The minimum absolute atomic E-state index is 0.218. The average Bonchev–Trinajstić information content (AvgIpc) is 2.39. The molecule has 0 aliphatic rings. The number of para-hydroxylation sites is 1. The molecular formula is C14H8F3O2. The van der Waals surface area contributed by atoms with Crippen molar-refractivity contribution in [2.24, 2.45) is 0 Å². The molecule has 2 aromatic carbocycles. The molecule has 0 unspecified atom stereocenters. The summed E-state index contributed by atoms with van der Waals surface area (Å²) in [4.78, 5) is 10.3. The van der Waals surface area contributed by atoms with Gasteiger partial charge in [-0.05, 0) is 36.4 Å². The Labute approximate surface area is 107 Å². The molecule has 97 valence electrons. The zero-order valence-electron chi connectivity index (χ0n) is 9.57. The summed E-state index contributed by atoms with van der Waals surface area (Å²) in [6, 6.07) is 10.6. The second kappa shape index (κ2) is 5.14. The van der Waals surface area contributed by atoms with Crippen LogP contribution in [0, 0.1) is 0 Å². The summed E-state index contributed by atoms with van der Waals surface area (Å²) in [6.07, 6.45) is -2.81. The number of carbonyl (C=O) groups excluding carboxylic acids is 1. The maximum Gasteiger partial charge on any atom is 0.419 e. The van der Waals surface area contributed by atoms with Crippen molar-refractivity contribution in [1.29, 1.82) is 0 Å². The second-order valence-electron chi connectivity index (χ2n) is 3.72. The molecule has 0 aromatic heterocycles. The summed E-state index contributed by atoms with van der Waals surface area (Å²) < 4.78 is 43.4. The smallest absolute Gasteiger partial charge is 0.419 e. The minimum Gasteiger partial charge on any atom is -0.457 e. The number of rotatable bonds is 3. The molecule has 0 heterocycles. The Bertz CT molecular complexity index is 574. The van der Waals surface area contributed by atoms with Crippen LogP contribution in [0.2, 0.25) is 0 Å². The van der Waals surface area contributed by atoms with Gasteiger partial charge in [0, 0.05) is 5.56 Å². The van der Waals surface area contributed by atoms with Crippen LogP contribution < -0.4 is 4.74 Å². The van der Waals surface area contributed by atoms with Gasteiger partial charge in [-0.3, -0.25) is 4.79 Å². The van der Waals surface area contributed by atoms with Crippen molar-refractivity contribution in [3.05, 3.63) is 59.7 Å². The van der Waals surface area contributed by atoms with E-state index in [1.54, 1.807) is 6.29 Å². The lowest BCUT2D eigenvalue weighted by molar-refractivity contribution is -0.138. The van der Waals surface area contributed by atoms with E-state index in [2.05, 4.69) is 0 Å². The van der Waals surface area contributed by atoms with Crippen molar-refractivity contribution in [3.8, 4) is 11.5 Å². The third-order valence-electron chi connectivity index (χ3n) is 2.39. The molecule has 0 bridgehead atoms.